The van der Waals surface area contributed by atoms with Crippen LogP contribution in [0.2, 0.25) is 0 Å². The van der Waals surface area contributed by atoms with Crippen molar-refractivity contribution in [3.8, 4) is 11.5 Å². The van der Waals surface area contributed by atoms with Crippen LogP contribution in [0.5, 0.6) is 11.5 Å². The summed E-state index contributed by atoms with van der Waals surface area (Å²) in [5, 5.41) is 50.1. The number of amides is 6. The molecule has 0 radical (unpaired) electrons. The first-order chi connectivity index (χ1) is 24.5. The summed E-state index contributed by atoms with van der Waals surface area (Å²) in [7, 11) is 0. The van der Waals surface area contributed by atoms with Gasteiger partial charge in [0.15, 0.2) is 0 Å². The molecule has 6 atom stereocenters. The second-order valence-corrected chi connectivity index (χ2v) is 12.8. The second kappa shape index (κ2) is 21.1. The monoisotopic (exact) mass is 747 g/mol. The molecule has 2 aromatic carbocycles. The largest absolute Gasteiger partial charge is 0.508 e. The number of primary amides is 1. The molecule has 0 unspecified atom stereocenters. The minimum atomic E-state index is -1.61. The molecule has 2 rings (SSSR count). The van der Waals surface area contributed by atoms with E-state index in [1.165, 1.54) is 67.2 Å². The first-order valence-electron chi connectivity index (χ1n) is 16.0. The maximum Gasteiger partial charge on any atom is 0.328 e. The van der Waals surface area contributed by atoms with Gasteiger partial charge in [0.1, 0.15) is 41.7 Å². The summed E-state index contributed by atoms with van der Waals surface area (Å²) in [5.41, 5.74) is 11.9. The van der Waals surface area contributed by atoms with E-state index < -0.39 is 90.7 Å². The van der Waals surface area contributed by atoms with Crippen LogP contribution in [0, 0.1) is 0 Å². The molecule has 0 saturated heterocycles. The Labute approximate surface area is 303 Å². The number of rotatable bonds is 21. The van der Waals surface area contributed by atoms with E-state index >= 15 is 0 Å². The molecule has 0 bridgehead atoms. The van der Waals surface area contributed by atoms with Gasteiger partial charge < -0.3 is 58.5 Å². The molecule has 13 N–H and O–H groups in total. The number of aliphatic carboxylic acids is 1. The summed E-state index contributed by atoms with van der Waals surface area (Å²) in [5.74, 6) is -6.30. The number of hydrogen-bond acceptors (Lipinski definition) is 12. The van der Waals surface area contributed by atoms with E-state index in [9.17, 15) is 54.0 Å². The number of phenols is 2. The Morgan fingerprint density at radius 1 is 0.673 bits per heavy atom. The van der Waals surface area contributed by atoms with Gasteiger partial charge in [-0.25, -0.2) is 4.79 Å². The molecule has 6 amide bonds. The van der Waals surface area contributed by atoms with Crippen molar-refractivity contribution in [3.05, 3.63) is 59.7 Å². The molecule has 0 saturated carbocycles. The third kappa shape index (κ3) is 14.4. The predicted octanol–water partition coefficient (Wildman–Crippen LogP) is -2.64. The first kappa shape index (κ1) is 42.8. The number of benzene rings is 2. The van der Waals surface area contributed by atoms with E-state index in [4.69, 9.17) is 11.5 Å². The van der Waals surface area contributed by atoms with Gasteiger partial charge in [-0.15, -0.1) is 0 Å². The van der Waals surface area contributed by atoms with Gasteiger partial charge in [0.05, 0.1) is 19.1 Å². The number of aromatic hydroxyl groups is 2. The van der Waals surface area contributed by atoms with Crippen LogP contribution in [-0.4, -0.2) is 117 Å². The highest BCUT2D eigenvalue weighted by Gasteiger charge is 2.32. The molecule has 19 heteroatoms. The van der Waals surface area contributed by atoms with E-state index in [1.54, 1.807) is 6.26 Å². The zero-order chi connectivity index (χ0) is 39.0. The molecular formula is C33H45N7O11S. The lowest BCUT2D eigenvalue weighted by Gasteiger charge is -2.26. The summed E-state index contributed by atoms with van der Waals surface area (Å²) < 4.78 is 0. The van der Waals surface area contributed by atoms with Crippen LogP contribution >= 0.6 is 11.8 Å². The number of carboxylic acid groups (broad SMARTS) is 1. The van der Waals surface area contributed by atoms with Crippen molar-refractivity contribution in [2.75, 3.05) is 18.6 Å². The zero-order valence-corrected chi connectivity index (χ0v) is 29.4. The summed E-state index contributed by atoms with van der Waals surface area (Å²) >= 11 is 1.36. The van der Waals surface area contributed by atoms with Gasteiger partial charge in [-0.2, -0.15) is 11.8 Å². The summed E-state index contributed by atoms with van der Waals surface area (Å²) in [6, 6.07) is 3.25. The average molecular weight is 748 g/mol. The fourth-order valence-corrected chi connectivity index (χ4v) is 5.12. The molecule has 52 heavy (non-hydrogen) atoms. The maximum absolute atomic E-state index is 13.7. The fraction of sp³-hybridized carbons (Fsp3) is 0.424. The smallest absolute Gasteiger partial charge is 0.328 e. The maximum atomic E-state index is 13.7. The molecular weight excluding hydrogens is 702 g/mol. The van der Waals surface area contributed by atoms with Crippen LogP contribution in [-0.2, 0) is 46.4 Å². The fourth-order valence-electron chi connectivity index (χ4n) is 4.65. The third-order valence-electron chi connectivity index (χ3n) is 7.57. The van der Waals surface area contributed by atoms with Gasteiger partial charge in [0.25, 0.3) is 0 Å². The van der Waals surface area contributed by atoms with Crippen molar-refractivity contribution in [3.63, 3.8) is 0 Å². The van der Waals surface area contributed by atoms with E-state index in [2.05, 4.69) is 26.6 Å². The molecule has 2 aromatic rings. The van der Waals surface area contributed by atoms with Crippen molar-refractivity contribution in [1.29, 1.82) is 0 Å². The van der Waals surface area contributed by atoms with Gasteiger partial charge in [-0.3, -0.25) is 28.8 Å². The second-order valence-electron chi connectivity index (χ2n) is 11.8. The van der Waals surface area contributed by atoms with Gasteiger partial charge in [-0.1, -0.05) is 24.3 Å². The molecule has 0 aliphatic heterocycles. The van der Waals surface area contributed by atoms with Gasteiger partial charge >= 0.3 is 5.97 Å². The van der Waals surface area contributed by atoms with E-state index in [0.29, 0.717) is 16.9 Å². The number of aliphatic hydroxyl groups excluding tert-OH is 1. The Bertz CT molecular complexity index is 1560. The van der Waals surface area contributed by atoms with E-state index in [0.717, 1.165) is 0 Å². The topological polar surface area (TPSA) is 313 Å². The minimum absolute atomic E-state index is 0.0492. The first-order valence-corrected chi connectivity index (χ1v) is 17.4. The van der Waals surface area contributed by atoms with Crippen LogP contribution < -0.4 is 38.1 Å². The highest BCUT2D eigenvalue weighted by atomic mass is 32.2. The lowest BCUT2D eigenvalue weighted by atomic mass is 10.0. The number of hydrogen-bond donors (Lipinski definition) is 11. The minimum Gasteiger partial charge on any atom is -0.508 e. The Morgan fingerprint density at radius 2 is 1.10 bits per heavy atom. The van der Waals surface area contributed by atoms with Crippen molar-refractivity contribution in [1.82, 2.24) is 26.6 Å². The van der Waals surface area contributed by atoms with Gasteiger partial charge in [0.2, 0.25) is 35.4 Å². The lowest BCUT2D eigenvalue weighted by Crippen LogP contribution is -2.59. The van der Waals surface area contributed by atoms with Gasteiger partial charge in [-0.05, 0) is 60.7 Å². The van der Waals surface area contributed by atoms with Crippen molar-refractivity contribution < 1.29 is 54.0 Å². The van der Waals surface area contributed by atoms with Crippen LogP contribution in [0.25, 0.3) is 0 Å². The standard InChI is InChI=1S/C33H45N7O11S/c1-17(28(45)37-23(11-12-52-2)30(47)40-26(16-41)33(50)51)36-31(48)24(13-18-3-7-20(42)8-4-18)39-32(49)25(14-19-5-9-21(43)10-6-19)38-29(46)22(34)15-27(35)44/h3-10,17,22-26,41-43H,11-16,34H2,1-2H3,(H2,35,44)(H,36,48)(H,37,45)(H,38,46)(H,39,49)(H,40,47)(H,50,51)/t17-,22-,23-,24-,25-,26-/m0/s1. The molecule has 18 nitrogen and oxygen atoms in total. The molecule has 284 valence electrons. The number of nitrogens with one attached hydrogen (secondary N) is 5. The molecule has 0 aromatic heterocycles. The van der Waals surface area contributed by atoms with E-state index in [1.807, 2.05) is 0 Å². The number of thioether (sulfide) groups is 1. The van der Waals surface area contributed by atoms with Crippen LogP contribution in [0.1, 0.15) is 30.9 Å². The molecule has 0 aliphatic carbocycles. The number of aliphatic hydroxyl groups is 1. The van der Waals surface area contributed by atoms with Crippen LogP contribution in [0.4, 0.5) is 0 Å². The van der Waals surface area contributed by atoms with Crippen molar-refractivity contribution >= 4 is 53.2 Å². The number of nitrogens with two attached hydrogens (primary N) is 2. The summed E-state index contributed by atoms with van der Waals surface area (Å²) in [6.45, 7) is 0.433. The SMILES string of the molecule is CSCC[C@H](NC(=O)[C@H](C)NC(=O)[C@H](Cc1ccc(O)cc1)NC(=O)[C@H](Cc1ccc(O)cc1)NC(=O)[C@@H](N)CC(N)=O)C(=O)N[C@@H](CO)C(=O)O. The molecule has 0 aliphatic rings. The summed E-state index contributed by atoms with van der Waals surface area (Å²) in [6.07, 6.45) is 1.06. The highest BCUT2D eigenvalue weighted by Crippen LogP contribution is 2.14. The van der Waals surface area contributed by atoms with Gasteiger partial charge in [0, 0.05) is 12.8 Å². The molecule has 0 spiro atoms. The highest BCUT2D eigenvalue weighted by molar-refractivity contribution is 7.98. The Balaban J connectivity index is 2.32. The Morgan fingerprint density at radius 3 is 1.54 bits per heavy atom. The van der Waals surface area contributed by atoms with Crippen LogP contribution in [0.15, 0.2) is 48.5 Å². The third-order valence-corrected chi connectivity index (χ3v) is 8.21. The Hall–Kier alpha value is -5.40. The number of carbonyl (C=O) groups excluding carboxylic acids is 6. The number of carbonyl (C=O) groups is 7. The molecule has 0 fully saturated rings. The predicted molar refractivity (Wildman–Crippen MR) is 188 cm³/mol. The lowest BCUT2D eigenvalue weighted by molar-refractivity contribution is -0.143. The number of phenolic OH excluding ortho intramolecular Hbond substituents is 2. The van der Waals surface area contributed by atoms with E-state index in [-0.39, 0.29) is 30.8 Å². The normalized spacial score (nSPS) is 14.3. The average Bonchev–Trinajstić information content (AvgIpc) is 3.09. The number of carboxylic acids is 1. The van der Waals surface area contributed by atoms with Crippen LogP contribution in [0.3, 0.4) is 0 Å². The van der Waals surface area contributed by atoms with Crippen molar-refractivity contribution in [2.45, 2.75) is 68.9 Å². The Kier molecular flexibility index (Phi) is 17.3. The molecule has 0 heterocycles. The summed E-state index contributed by atoms with van der Waals surface area (Å²) in [4.78, 5) is 88.9. The zero-order valence-electron chi connectivity index (χ0n) is 28.5. The van der Waals surface area contributed by atoms with Crippen molar-refractivity contribution in [2.24, 2.45) is 11.5 Å². The quantitative estimate of drug-likeness (QED) is 0.0623.